The van der Waals surface area contributed by atoms with Crippen LogP contribution < -0.4 is 5.32 Å². The van der Waals surface area contributed by atoms with E-state index in [1.54, 1.807) is 0 Å². The van der Waals surface area contributed by atoms with Crippen LogP contribution in [0.2, 0.25) is 0 Å². The van der Waals surface area contributed by atoms with Gasteiger partial charge in [-0.3, -0.25) is 0 Å². The van der Waals surface area contributed by atoms with E-state index in [-0.39, 0.29) is 0 Å². The van der Waals surface area contributed by atoms with Crippen molar-refractivity contribution in [2.75, 3.05) is 13.2 Å². The van der Waals surface area contributed by atoms with E-state index in [0.29, 0.717) is 12.1 Å². The number of morpholine rings is 1. The maximum atomic E-state index is 5.60. The fourth-order valence-corrected chi connectivity index (χ4v) is 2.89. The molecule has 0 aromatic heterocycles. The minimum atomic E-state index is 0.476. The highest BCUT2D eigenvalue weighted by Crippen LogP contribution is 2.20. The summed E-state index contributed by atoms with van der Waals surface area (Å²) >= 11 is 0. The third-order valence-electron chi connectivity index (χ3n) is 4.05. The molecule has 0 spiro atoms. The van der Waals surface area contributed by atoms with Crippen molar-refractivity contribution in [2.24, 2.45) is 0 Å². The predicted octanol–water partition coefficient (Wildman–Crippen LogP) is 3.66. The Balaban J connectivity index is 1.57. The van der Waals surface area contributed by atoms with E-state index >= 15 is 0 Å². The molecule has 0 radical (unpaired) electrons. The summed E-state index contributed by atoms with van der Waals surface area (Å²) in [6.45, 7) is 3.86. The van der Waals surface area contributed by atoms with E-state index < -0.39 is 0 Å². The smallest absolute Gasteiger partial charge is 0.0620 e. The molecule has 2 heteroatoms. The molecule has 1 aliphatic heterocycles. The summed E-state index contributed by atoms with van der Waals surface area (Å²) in [6, 6.07) is 20.4. The molecule has 2 atom stereocenters. The lowest BCUT2D eigenvalue weighted by Crippen LogP contribution is -2.47. The number of benzene rings is 2. The van der Waals surface area contributed by atoms with Crippen LogP contribution in [0.3, 0.4) is 0 Å². The molecule has 1 N–H and O–H groups in total. The van der Waals surface area contributed by atoms with Gasteiger partial charge in [-0.05, 0) is 36.5 Å². The van der Waals surface area contributed by atoms with Crippen LogP contribution in [0.15, 0.2) is 54.6 Å². The summed E-state index contributed by atoms with van der Waals surface area (Å²) < 4.78 is 5.60. The molecular weight excluding hydrogens is 258 g/mol. The van der Waals surface area contributed by atoms with E-state index in [2.05, 4.69) is 66.8 Å². The molecule has 3 rings (SSSR count). The molecule has 1 heterocycles. The highest BCUT2D eigenvalue weighted by atomic mass is 16.5. The number of rotatable bonds is 4. The van der Waals surface area contributed by atoms with Crippen LogP contribution in [-0.2, 0) is 11.2 Å². The van der Waals surface area contributed by atoms with E-state index in [1.807, 2.05) is 0 Å². The number of hydrogen-bond acceptors (Lipinski definition) is 2. The molecule has 0 amide bonds. The SMILES string of the molecule is CC1COCC(CCc2ccc(-c3ccccc3)cc2)N1. The van der Waals surface area contributed by atoms with Crippen molar-refractivity contribution in [1.29, 1.82) is 0 Å². The van der Waals surface area contributed by atoms with Crippen LogP contribution in [0.5, 0.6) is 0 Å². The number of nitrogens with one attached hydrogen (secondary N) is 1. The summed E-state index contributed by atoms with van der Waals surface area (Å²) in [5, 5.41) is 3.60. The molecule has 1 aliphatic rings. The maximum absolute atomic E-state index is 5.60. The van der Waals surface area contributed by atoms with E-state index in [4.69, 9.17) is 4.74 Å². The number of hydrogen-bond donors (Lipinski definition) is 1. The molecule has 110 valence electrons. The number of ether oxygens (including phenoxy) is 1. The minimum absolute atomic E-state index is 0.476. The van der Waals surface area contributed by atoms with Crippen molar-refractivity contribution in [3.8, 4) is 11.1 Å². The zero-order chi connectivity index (χ0) is 14.5. The fourth-order valence-electron chi connectivity index (χ4n) is 2.89. The average molecular weight is 281 g/mol. The molecule has 0 aliphatic carbocycles. The Hall–Kier alpha value is -1.64. The maximum Gasteiger partial charge on any atom is 0.0620 e. The molecule has 0 saturated carbocycles. The van der Waals surface area contributed by atoms with Gasteiger partial charge >= 0.3 is 0 Å². The second-order valence-corrected chi connectivity index (χ2v) is 5.90. The summed E-state index contributed by atoms with van der Waals surface area (Å²) in [5.41, 5.74) is 3.96. The van der Waals surface area contributed by atoms with E-state index in [1.165, 1.54) is 16.7 Å². The zero-order valence-corrected chi connectivity index (χ0v) is 12.6. The largest absolute Gasteiger partial charge is 0.378 e. The van der Waals surface area contributed by atoms with Crippen molar-refractivity contribution in [2.45, 2.75) is 31.8 Å². The predicted molar refractivity (Wildman–Crippen MR) is 87.4 cm³/mol. The summed E-state index contributed by atoms with van der Waals surface area (Å²) in [5.74, 6) is 0. The molecule has 1 saturated heterocycles. The lowest BCUT2D eigenvalue weighted by molar-refractivity contribution is 0.0483. The molecule has 1 fully saturated rings. The Labute approximate surface area is 127 Å². The summed E-state index contributed by atoms with van der Waals surface area (Å²) in [7, 11) is 0. The summed E-state index contributed by atoms with van der Waals surface area (Å²) in [4.78, 5) is 0. The van der Waals surface area contributed by atoms with Gasteiger partial charge in [0, 0.05) is 12.1 Å². The molecule has 2 unspecified atom stereocenters. The molecule has 0 bridgehead atoms. The van der Waals surface area contributed by atoms with Gasteiger partial charge in [-0.25, -0.2) is 0 Å². The monoisotopic (exact) mass is 281 g/mol. The minimum Gasteiger partial charge on any atom is -0.378 e. The third-order valence-corrected chi connectivity index (χ3v) is 4.05. The van der Waals surface area contributed by atoms with Crippen molar-refractivity contribution >= 4 is 0 Å². The second kappa shape index (κ2) is 6.88. The first-order chi connectivity index (χ1) is 10.3. The van der Waals surface area contributed by atoms with E-state index in [9.17, 15) is 0 Å². The molecule has 2 nitrogen and oxygen atoms in total. The normalized spacial score (nSPS) is 22.1. The van der Waals surface area contributed by atoms with Gasteiger partial charge in [0.05, 0.1) is 13.2 Å². The highest BCUT2D eigenvalue weighted by Gasteiger charge is 2.17. The van der Waals surface area contributed by atoms with Crippen LogP contribution in [0, 0.1) is 0 Å². The Morgan fingerprint density at radius 3 is 2.38 bits per heavy atom. The molecular formula is C19H23NO. The first kappa shape index (κ1) is 14.3. The Kier molecular flexibility index (Phi) is 4.69. The van der Waals surface area contributed by atoms with Crippen LogP contribution >= 0.6 is 0 Å². The Morgan fingerprint density at radius 1 is 0.952 bits per heavy atom. The zero-order valence-electron chi connectivity index (χ0n) is 12.6. The van der Waals surface area contributed by atoms with Crippen LogP contribution in [0.25, 0.3) is 11.1 Å². The molecule has 2 aromatic rings. The third kappa shape index (κ3) is 3.93. The average Bonchev–Trinajstić information content (AvgIpc) is 2.54. The lowest BCUT2D eigenvalue weighted by Gasteiger charge is -2.29. The standard InChI is InChI=1S/C19H23NO/c1-15-13-21-14-19(20-15)12-9-16-7-10-18(11-8-16)17-5-3-2-4-6-17/h2-8,10-11,15,19-20H,9,12-14H2,1H3. The van der Waals surface area contributed by atoms with Crippen molar-refractivity contribution < 1.29 is 4.74 Å². The van der Waals surface area contributed by atoms with Gasteiger partial charge in [-0.15, -0.1) is 0 Å². The van der Waals surface area contributed by atoms with Crippen molar-refractivity contribution in [3.63, 3.8) is 0 Å². The van der Waals surface area contributed by atoms with Gasteiger partial charge in [0.1, 0.15) is 0 Å². The lowest BCUT2D eigenvalue weighted by atomic mass is 10.0. The quantitative estimate of drug-likeness (QED) is 0.923. The van der Waals surface area contributed by atoms with Gasteiger partial charge in [-0.1, -0.05) is 54.6 Å². The van der Waals surface area contributed by atoms with Gasteiger partial charge in [0.25, 0.3) is 0 Å². The highest BCUT2D eigenvalue weighted by molar-refractivity contribution is 5.63. The first-order valence-electron chi connectivity index (χ1n) is 7.79. The second-order valence-electron chi connectivity index (χ2n) is 5.90. The number of aryl methyl sites for hydroxylation is 1. The first-order valence-corrected chi connectivity index (χ1v) is 7.79. The topological polar surface area (TPSA) is 21.3 Å². The van der Waals surface area contributed by atoms with Crippen molar-refractivity contribution in [3.05, 3.63) is 60.2 Å². The fraction of sp³-hybridized carbons (Fsp3) is 0.368. The van der Waals surface area contributed by atoms with Gasteiger partial charge in [-0.2, -0.15) is 0 Å². The van der Waals surface area contributed by atoms with E-state index in [0.717, 1.165) is 26.1 Å². The Morgan fingerprint density at radius 2 is 1.67 bits per heavy atom. The molecule has 21 heavy (non-hydrogen) atoms. The summed E-state index contributed by atoms with van der Waals surface area (Å²) in [6.07, 6.45) is 2.23. The van der Waals surface area contributed by atoms with Crippen LogP contribution in [0.4, 0.5) is 0 Å². The van der Waals surface area contributed by atoms with Crippen LogP contribution in [-0.4, -0.2) is 25.3 Å². The van der Waals surface area contributed by atoms with Crippen molar-refractivity contribution in [1.82, 2.24) is 5.32 Å². The van der Waals surface area contributed by atoms with Gasteiger partial charge in [0.15, 0.2) is 0 Å². The molecule has 2 aromatic carbocycles. The van der Waals surface area contributed by atoms with Crippen LogP contribution in [0.1, 0.15) is 18.9 Å². The Bertz CT molecular complexity index is 550. The van der Waals surface area contributed by atoms with Gasteiger partial charge < -0.3 is 10.1 Å². The van der Waals surface area contributed by atoms with Gasteiger partial charge in [0.2, 0.25) is 0 Å².